The summed E-state index contributed by atoms with van der Waals surface area (Å²) < 4.78 is 5.52. The van der Waals surface area contributed by atoms with Crippen molar-refractivity contribution in [2.45, 2.75) is 26.0 Å². The lowest BCUT2D eigenvalue weighted by Gasteiger charge is -2.22. The van der Waals surface area contributed by atoms with Crippen LogP contribution in [0.1, 0.15) is 18.9 Å². The highest BCUT2D eigenvalue weighted by Crippen LogP contribution is 2.00. The third kappa shape index (κ3) is 8.98. The molecule has 0 aromatic heterocycles. The number of hydrogen-bond donors (Lipinski definition) is 3. The highest BCUT2D eigenvalue weighted by Gasteiger charge is 2.13. The lowest BCUT2D eigenvalue weighted by molar-refractivity contribution is -0.123. The Morgan fingerprint density at radius 2 is 1.92 bits per heavy atom. The van der Waals surface area contributed by atoms with Gasteiger partial charge in [-0.1, -0.05) is 37.3 Å². The first-order valence-electron chi connectivity index (χ1n) is 8.69. The van der Waals surface area contributed by atoms with Crippen molar-refractivity contribution in [3.05, 3.63) is 35.9 Å². The van der Waals surface area contributed by atoms with Gasteiger partial charge >= 0.3 is 0 Å². The number of nitrogens with zero attached hydrogens (tertiary/aromatic N) is 1. The van der Waals surface area contributed by atoms with Gasteiger partial charge in [0.1, 0.15) is 6.04 Å². The zero-order valence-corrected chi connectivity index (χ0v) is 15.0. The van der Waals surface area contributed by atoms with E-state index in [0.29, 0.717) is 13.2 Å². The number of hydrogen-bond acceptors (Lipinski definition) is 5. The zero-order valence-electron chi connectivity index (χ0n) is 15.0. The minimum absolute atomic E-state index is 0.159. The molecule has 1 atom stereocenters. The van der Waals surface area contributed by atoms with Crippen LogP contribution in [0.5, 0.6) is 0 Å². The van der Waals surface area contributed by atoms with E-state index >= 15 is 0 Å². The van der Waals surface area contributed by atoms with E-state index in [4.69, 9.17) is 10.5 Å². The quantitative estimate of drug-likeness (QED) is 0.491. The zero-order chi connectivity index (χ0) is 17.6. The van der Waals surface area contributed by atoms with Crippen molar-refractivity contribution in [3.8, 4) is 0 Å². The summed E-state index contributed by atoms with van der Waals surface area (Å²) in [5.74, 6) is -0.159. The number of likely N-dealkylation sites (N-methyl/N-ethyl adjacent to an activating group) is 1. The highest BCUT2D eigenvalue weighted by atomic mass is 16.5. The van der Waals surface area contributed by atoms with Crippen molar-refractivity contribution in [1.82, 2.24) is 15.5 Å². The van der Waals surface area contributed by atoms with E-state index in [2.05, 4.69) is 22.5 Å². The van der Waals surface area contributed by atoms with Crippen LogP contribution < -0.4 is 16.4 Å². The van der Waals surface area contributed by atoms with E-state index in [-0.39, 0.29) is 12.5 Å². The third-order valence-electron chi connectivity index (χ3n) is 3.69. The molecule has 0 aliphatic carbocycles. The van der Waals surface area contributed by atoms with Crippen molar-refractivity contribution >= 4 is 5.91 Å². The molecule has 24 heavy (non-hydrogen) atoms. The normalized spacial score (nSPS) is 12.3. The van der Waals surface area contributed by atoms with Crippen LogP contribution in [0.4, 0.5) is 0 Å². The maximum atomic E-state index is 12.0. The largest absolute Gasteiger partial charge is 0.375 e. The SMILES string of the molecule is CCCN(CCNC)CCNC(=O)C(N)COCc1ccccc1. The molecule has 1 aromatic rings. The summed E-state index contributed by atoms with van der Waals surface area (Å²) in [5, 5.41) is 6.04. The summed E-state index contributed by atoms with van der Waals surface area (Å²) in [6.07, 6.45) is 1.10. The Morgan fingerprint density at radius 3 is 2.58 bits per heavy atom. The van der Waals surface area contributed by atoms with Gasteiger partial charge in [0.15, 0.2) is 0 Å². The summed E-state index contributed by atoms with van der Waals surface area (Å²) >= 11 is 0. The van der Waals surface area contributed by atoms with E-state index in [1.807, 2.05) is 37.4 Å². The minimum atomic E-state index is -0.634. The van der Waals surface area contributed by atoms with Gasteiger partial charge in [-0.25, -0.2) is 0 Å². The van der Waals surface area contributed by atoms with Crippen molar-refractivity contribution in [2.75, 3.05) is 46.4 Å². The number of nitrogens with two attached hydrogens (primary N) is 1. The molecule has 0 bridgehead atoms. The number of carbonyl (C=O) groups excluding carboxylic acids is 1. The Kier molecular flexibility index (Phi) is 11.1. The molecule has 0 aliphatic rings. The predicted molar refractivity (Wildman–Crippen MR) is 97.7 cm³/mol. The molecule has 6 nitrogen and oxygen atoms in total. The molecule has 4 N–H and O–H groups in total. The molecule has 0 spiro atoms. The summed E-state index contributed by atoms with van der Waals surface area (Å²) in [4.78, 5) is 14.3. The van der Waals surface area contributed by atoms with Gasteiger partial charge in [0, 0.05) is 26.2 Å². The summed E-state index contributed by atoms with van der Waals surface area (Å²) in [5.41, 5.74) is 6.95. The smallest absolute Gasteiger partial charge is 0.239 e. The molecular formula is C18H32N4O2. The molecule has 1 rings (SSSR count). The lowest BCUT2D eigenvalue weighted by atomic mass is 10.2. The molecule has 0 saturated carbocycles. The van der Waals surface area contributed by atoms with Crippen LogP contribution >= 0.6 is 0 Å². The fourth-order valence-corrected chi connectivity index (χ4v) is 2.34. The fraction of sp³-hybridized carbons (Fsp3) is 0.611. The van der Waals surface area contributed by atoms with E-state index in [1.54, 1.807) is 0 Å². The first-order valence-corrected chi connectivity index (χ1v) is 8.69. The number of rotatable bonds is 13. The maximum absolute atomic E-state index is 12.0. The van der Waals surface area contributed by atoms with Gasteiger partial charge in [-0.15, -0.1) is 0 Å². The molecule has 136 valence electrons. The Morgan fingerprint density at radius 1 is 1.21 bits per heavy atom. The summed E-state index contributed by atoms with van der Waals surface area (Å²) in [7, 11) is 1.94. The molecule has 0 saturated heterocycles. The van der Waals surface area contributed by atoms with E-state index in [1.165, 1.54) is 0 Å². The molecule has 0 fully saturated rings. The molecule has 6 heteroatoms. The van der Waals surface area contributed by atoms with Crippen LogP contribution in [-0.2, 0) is 16.1 Å². The van der Waals surface area contributed by atoms with Crippen molar-refractivity contribution in [3.63, 3.8) is 0 Å². The van der Waals surface area contributed by atoms with Gasteiger partial charge in [0.2, 0.25) is 5.91 Å². The van der Waals surface area contributed by atoms with Crippen LogP contribution in [0.2, 0.25) is 0 Å². The molecule has 0 radical (unpaired) electrons. The predicted octanol–water partition coefficient (Wildman–Crippen LogP) is 0.578. The Hall–Kier alpha value is -1.47. The van der Waals surface area contributed by atoms with Crippen LogP contribution in [0.3, 0.4) is 0 Å². The first kappa shape index (κ1) is 20.6. The average molecular weight is 336 g/mol. The Labute approximate surface area is 145 Å². The van der Waals surface area contributed by atoms with E-state index < -0.39 is 6.04 Å². The molecule has 1 unspecified atom stereocenters. The second kappa shape index (κ2) is 12.9. The highest BCUT2D eigenvalue weighted by molar-refractivity contribution is 5.81. The van der Waals surface area contributed by atoms with Crippen molar-refractivity contribution in [2.24, 2.45) is 5.73 Å². The maximum Gasteiger partial charge on any atom is 0.239 e. The van der Waals surface area contributed by atoms with Crippen molar-refractivity contribution in [1.29, 1.82) is 0 Å². The Bertz CT molecular complexity index is 442. The topological polar surface area (TPSA) is 79.6 Å². The van der Waals surface area contributed by atoms with Gasteiger partial charge in [0.05, 0.1) is 13.2 Å². The van der Waals surface area contributed by atoms with Gasteiger partial charge in [-0.05, 0) is 25.6 Å². The summed E-state index contributed by atoms with van der Waals surface area (Å²) in [6, 6.07) is 9.22. The summed E-state index contributed by atoms with van der Waals surface area (Å²) in [6.45, 7) is 7.24. The molecule has 0 heterocycles. The molecular weight excluding hydrogens is 304 g/mol. The monoisotopic (exact) mass is 336 g/mol. The molecule has 0 aliphatic heterocycles. The number of nitrogens with one attached hydrogen (secondary N) is 2. The number of ether oxygens (including phenoxy) is 1. The standard InChI is InChI=1S/C18H32N4O2/c1-3-11-22(12-9-20-2)13-10-21-18(23)17(19)15-24-14-16-7-5-4-6-8-16/h4-8,17,20H,3,9-15,19H2,1-2H3,(H,21,23). The Balaban J connectivity index is 2.18. The minimum Gasteiger partial charge on any atom is -0.375 e. The van der Waals surface area contributed by atoms with Crippen LogP contribution in [0.25, 0.3) is 0 Å². The molecule has 1 aromatic carbocycles. The van der Waals surface area contributed by atoms with Gasteiger partial charge in [-0.3, -0.25) is 4.79 Å². The first-order chi connectivity index (χ1) is 11.7. The number of carbonyl (C=O) groups is 1. The molecule has 1 amide bonds. The van der Waals surface area contributed by atoms with E-state index in [9.17, 15) is 4.79 Å². The van der Waals surface area contributed by atoms with Gasteiger partial charge in [-0.2, -0.15) is 0 Å². The van der Waals surface area contributed by atoms with Crippen molar-refractivity contribution < 1.29 is 9.53 Å². The van der Waals surface area contributed by atoms with Crippen LogP contribution in [-0.4, -0.2) is 63.2 Å². The third-order valence-corrected chi connectivity index (χ3v) is 3.69. The van der Waals surface area contributed by atoms with Crippen LogP contribution in [0, 0.1) is 0 Å². The van der Waals surface area contributed by atoms with Gasteiger partial charge < -0.3 is 26.0 Å². The average Bonchev–Trinajstić information content (AvgIpc) is 2.60. The van der Waals surface area contributed by atoms with Gasteiger partial charge in [0.25, 0.3) is 0 Å². The fourth-order valence-electron chi connectivity index (χ4n) is 2.34. The second-order valence-corrected chi connectivity index (χ2v) is 5.84. The second-order valence-electron chi connectivity index (χ2n) is 5.84. The lowest BCUT2D eigenvalue weighted by Crippen LogP contribution is -2.46. The number of amides is 1. The van der Waals surface area contributed by atoms with E-state index in [0.717, 1.165) is 38.2 Å². The van der Waals surface area contributed by atoms with Crippen LogP contribution in [0.15, 0.2) is 30.3 Å². The number of benzene rings is 1.